The third kappa shape index (κ3) is 4.45. The average Bonchev–Trinajstić information content (AvgIpc) is 2.29. The minimum Gasteiger partial charge on any atom is -0.377 e. The number of nitrogen functional groups attached to an aromatic ring is 1. The predicted octanol–water partition coefficient (Wildman–Crippen LogP) is 1.39. The van der Waals surface area contributed by atoms with Crippen LogP contribution in [-0.4, -0.2) is 36.3 Å². The fraction of sp³-hybridized carbons (Fsp3) is 0.600. The van der Waals surface area contributed by atoms with Crippen molar-refractivity contribution in [2.45, 2.75) is 20.0 Å². The quantitative estimate of drug-likeness (QED) is 0.611. The van der Waals surface area contributed by atoms with Gasteiger partial charge in [-0.3, -0.25) is 5.43 Å². The van der Waals surface area contributed by atoms with Gasteiger partial charge in [0, 0.05) is 19.8 Å². The molecule has 6 nitrogen and oxygen atoms in total. The van der Waals surface area contributed by atoms with Crippen molar-refractivity contribution in [3.63, 3.8) is 0 Å². The summed E-state index contributed by atoms with van der Waals surface area (Å²) >= 11 is 3.40. The van der Waals surface area contributed by atoms with Crippen molar-refractivity contribution in [2.75, 3.05) is 30.5 Å². The number of nitrogens with one attached hydrogen (secondary N) is 1. The number of hydrazine groups is 1. The van der Waals surface area contributed by atoms with Crippen LogP contribution in [0.2, 0.25) is 0 Å². The first-order valence-corrected chi connectivity index (χ1v) is 6.15. The molecule has 0 aliphatic heterocycles. The van der Waals surface area contributed by atoms with Crippen LogP contribution in [-0.2, 0) is 4.74 Å². The Morgan fingerprint density at radius 3 is 2.88 bits per heavy atom. The first-order chi connectivity index (χ1) is 8.04. The Hall–Kier alpha value is -0.920. The first kappa shape index (κ1) is 14.1. The number of nitrogens with zero attached hydrogens (tertiary/aromatic N) is 3. The third-order valence-corrected chi connectivity index (χ3v) is 2.65. The summed E-state index contributed by atoms with van der Waals surface area (Å²) in [6, 6.07) is 0. The number of hydrogen-bond acceptors (Lipinski definition) is 6. The van der Waals surface area contributed by atoms with E-state index in [0.717, 1.165) is 16.8 Å². The lowest BCUT2D eigenvalue weighted by atomic mass is 10.4. The topological polar surface area (TPSA) is 76.3 Å². The highest BCUT2D eigenvalue weighted by Gasteiger charge is 2.09. The number of rotatable bonds is 6. The van der Waals surface area contributed by atoms with Crippen LogP contribution in [0.4, 0.5) is 11.8 Å². The SMILES string of the molecule is CC(C)OCCN(C)c1nc(NN)ncc1Br. The fourth-order valence-electron chi connectivity index (χ4n) is 1.23. The fourth-order valence-corrected chi connectivity index (χ4v) is 1.72. The van der Waals surface area contributed by atoms with Crippen molar-refractivity contribution in [2.24, 2.45) is 5.84 Å². The molecule has 0 spiro atoms. The molecule has 96 valence electrons. The van der Waals surface area contributed by atoms with Crippen LogP contribution in [0.25, 0.3) is 0 Å². The van der Waals surface area contributed by atoms with Crippen LogP contribution in [0.3, 0.4) is 0 Å². The van der Waals surface area contributed by atoms with E-state index in [-0.39, 0.29) is 6.10 Å². The van der Waals surface area contributed by atoms with E-state index >= 15 is 0 Å². The van der Waals surface area contributed by atoms with Crippen molar-refractivity contribution in [1.82, 2.24) is 9.97 Å². The van der Waals surface area contributed by atoms with E-state index in [0.29, 0.717) is 12.6 Å². The number of aromatic nitrogens is 2. The molecule has 1 aromatic rings. The molecule has 0 amide bonds. The van der Waals surface area contributed by atoms with E-state index in [1.807, 2.05) is 25.8 Å². The van der Waals surface area contributed by atoms with Crippen LogP contribution >= 0.6 is 15.9 Å². The lowest BCUT2D eigenvalue weighted by Gasteiger charge is -2.20. The highest BCUT2D eigenvalue weighted by Crippen LogP contribution is 2.22. The molecule has 17 heavy (non-hydrogen) atoms. The van der Waals surface area contributed by atoms with E-state index in [1.54, 1.807) is 6.20 Å². The molecule has 1 rings (SSSR count). The van der Waals surface area contributed by atoms with E-state index in [1.165, 1.54) is 0 Å². The van der Waals surface area contributed by atoms with Crippen LogP contribution in [0, 0.1) is 0 Å². The molecule has 7 heteroatoms. The van der Waals surface area contributed by atoms with Gasteiger partial charge in [-0.25, -0.2) is 10.8 Å². The molecular weight excluding hydrogens is 286 g/mol. The van der Waals surface area contributed by atoms with Gasteiger partial charge in [-0.05, 0) is 29.8 Å². The molecule has 0 radical (unpaired) electrons. The number of anilines is 2. The number of likely N-dealkylation sites (N-methyl/N-ethyl adjacent to an activating group) is 1. The van der Waals surface area contributed by atoms with Crippen molar-refractivity contribution < 1.29 is 4.74 Å². The Labute approximate surface area is 110 Å². The molecule has 0 fully saturated rings. The van der Waals surface area contributed by atoms with Gasteiger partial charge < -0.3 is 9.64 Å². The van der Waals surface area contributed by atoms with Crippen LogP contribution < -0.4 is 16.2 Å². The zero-order valence-corrected chi connectivity index (χ0v) is 11.9. The molecule has 1 heterocycles. The molecule has 0 unspecified atom stereocenters. The summed E-state index contributed by atoms with van der Waals surface area (Å²) in [4.78, 5) is 10.2. The van der Waals surface area contributed by atoms with Gasteiger partial charge in [0.25, 0.3) is 0 Å². The Bertz CT molecular complexity index is 361. The number of hydrogen-bond donors (Lipinski definition) is 2. The van der Waals surface area contributed by atoms with E-state index in [9.17, 15) is 0 Å². The van der Waals surface area contributed by atoms with E-state index in [4.69, 9.17) is 10.6 Å². The molecule has 0 bridgehead atoms. The summed E-state index contributed by atoms with van der Waals surface area (Å²) in [6.07, 6.45) is 1.90. The maximum Gasteiger partial charge on any atom is 0.239 e. The van der Waals surface area contributed by atoms with Crippen molar-refractivity contribution in [1.29, 1.82) is 0 Å². The number of halogens is 1. The lowest BCUT2D eigenvalue weighted by molar-refractivity contribution is 0.0845. The van der Waals surface area contributed by atoms with Gasteiger partial charge in [0.05, 0.1) is 17.2 Å². The van der Waals surface area contributed by atoms with Gasteiger partial charge in [-0.15, -0.1) is 0 Å². The molecule has 0 saturated heterocycles. The molecule has 0 aliphatic carbocycles. The minimum absolute atomic E-state index is 0.235. The maximum absolute atomic E-state index is 5.49. The summed E-state index contributed by atoms with van der Waals surface area (Å²) in [5.41, 5.74) is 2.42. The second-order valence-electron chi connectivity index (χ2n) is 3.85. The summed E-state index contributed by atoms with van der Waals surface area (Å²) in [5.74, 6) is 6.44. The number of nitrogens with two attached hydrogens (primary N) is 1. The van der Waals surface area contributed by atoms with Crippen LogP contribution in [0.15, 0.2) is 10.7 Å². The maximum atomic E-state index is 5.49. The number of ether oxygens (including phenoxy) is 1. The summed E-state index contributed by atoms with van der Waals surface area (Å²) in [6.45, 7) is 5.42. The molecule has 0 aromatic carbocycles. The Kier molecular flexibility index (Phi) is 5.60. The van der Waals surface area contributed by atoms with Gasteiger partial charge in [0.15, 0.2) is 0 Å². The van der Waals surface area contributed by atoms with Gasteiger partial charge in [0.2, 0.25) is 5.95 Å². The molecule has 0 saturated carbocycles. The zero-order valence-electron chi connectivity index (χ0n) is 10.3. The van der Waals surface area contributed by atoms with E-state index in [2.05, 4.69) is 31.3 Å². The average molecular weight is 304 g/mol. The van der Waals surface area contributed by atoms with Crippen molar-refractivity contribution in [3.05, 3.63) is 10.7 Å². The molecule has 0 atom stereocenters. The normalized spacial score (nSPS) is 10.7. The zero-order chi connectivity index (χ0) is 12.8. The highest BCUT2D eigenvalue weighted by molar-refractivity contribution is 9.10. The highest BCUT2D eigenvalue weighted by atomic mass is 79.9. The summed E-state index contributed by atoms with van der Waals surface area (Å²) in [5, 5.41) is 0. The van der Waals surface area contributed by atoms with Gasteiger partial charge in [-0.2, -0.15) is 4.98 Å². The third-order valence-electron chi connectivity index (χ3n) is 2.09. The predicted molar refractivity (Wildman–Crippen MR) is 71.9 cm³/mol. The van der Waals surface area contributed by atoms with Gasteiger partial charge in [0.1, 0.15) is 5.82 Å². The van der Waals surface area contributed by atoms with Crippen LogP contribution in [0.1, 0.15) is 13.8 Å². The summed E-state index contributed by atoms with van der Waals surface area (Å²) in [7, 11) is 1.94. The summed E-state index contributed by atoms with van der Waals surface area (Å²) < 4.78 is 6.31. The van der Waals surface area contributed by atoms with Crippen molar-refractivity contribution >= 4 is 27.7 Å². The second-order valence-corrected chi connectivity index (χ2v) is 4.70. The molecule has 0 aliphatic rings. The van der Waals surface area contributed by atoms with E-state index < -0.39 is 0 Å². The monoisotopic (exact) mass is 303 g/mol. The van der Waals surface area contributed by atoms with Gasteiger partial charge in [-0.1, -0.05) is 0 Å². The lowest BCUT2D eigenvalue weighted by Crippen LogP contribution is -2.25. The first-order valence-electron chi connectivity index (χ1n) is 5.36. The Morgan fingerprint density at radius 2 is 2.29 bits per heavy atom. The molecule has 1 aromatic heterocycles. The van der Waals surface area contributed by atoms with Crippen LogP contribution in [0.5, 0.6) is 0 Å². The molecule has 3 N–H and O–H groups in total. The Balaban J connectivity index is 2.64. The van der Waals surface area contributed by atoms with Crippen molar-refractivity contribution in [3.8, 4) is 0 Å². The largest absolute Gasteiger partial charge is 0.377 e. The Morgan fingerprint density at radius 1 is 1.59 bits per heavy atom. The minimum atomic E-state index is 0.235. The standard InChI is InChI=1S/C10H18BrN5O/c1-7(2)17-5-4-16(3)9-8(11)6-13-10(14-9)15-12/h6-7H,4-5,12H2,1-3H3,(H,13,14,15). The second kappa shape index (κ2) is 6.73. The van der Waals surface area contributed by atoms with Gasteiger partial charge >= 0.3 is 0 Å². The smallest absolute Gasteiger partial charge is 0.239 e. The molecular formula is C10H18BrN5O.